The Labute approximate surface area is 54.2 Å². The molecule has 48 valence electrons. The highest BCUT2D eigenvalue weighted by atomic mass is 15.2. The van der Waals surface area contributed by atoms with Gasteiger partial charge in [0.25, 0.3) is 0 Å². The Morgan fingerprint density at radius 1 is 1.33 bits per heavy atom. The summed E-state index contributed by atoms with van der Waals surface area (Å²) in [6, 6.07) is 0. The first-order chi connectivity index (χ1) is 4.29. The SMILES string of the molecule is CC1=NN=C(C)N=CC1. The quantitative estimate of drug-likeness (QED) is 0.465. The van der Waals surface area contributed by atoms with Gasteiger partial charge in [0.05, 0.1) is 0 Å². The zero-order valence-electron chi connectivity index (χ0n) is 5.63. The zero-order valence-corrected chi connectivity index (χ0v) is 5.63. The average molecular weight is 123 g/mol. The van der Waals surface area contributed by atoms with Crippen LogP contribution in [0.4, 0.5) is 0 Å². The third kappa shape index (κ3) is 1.76. The van der Waals surface area contributed by atoms with Gasteiger partial charge in [-0.15, -0.1) is 5.10 Å². The summed E-state index contributed by atoms with van der Waals surface area (Å²) in [5.74, 6) is 0.729. The van der Waals surface area contributed by atoms with Crippen molar-refractivity contribution in [2.45, 2.75) is 20.3 Å². The van der Waals surface area contributed by atoms with Crippen LogP contribution in [0.25, 0.3) is 0 Å². The van der Waals surface area contributed by atoms with Crippen LogP contribution in [-0.2, 0) is 0 Å². The van der Waals surface area contributed by atoms with Gasteiger partial charge in [-0.1, -0.05) is 0 Å². The van der Waals surface area contributed by atoms with Crippen LogP contribution in [0, 0.1) is 0 Å². The number of aliphatic imine (C=N–C) groups is 1. The van der Waals surface area contributed by atoms with Gasteiger partial charge in [0.15, 0.2) is 0 Å². The van der Waals surface area contributed by atoms with Gasteiger partial charge in [-0.05, 0) is 13.8 Å². The Bertz CT molecular complexity index is 188. The Kier molecular flexibility index (Phi) is 1.72. The van der Waals surface area contributed by atoms with Crippen LogP contribution in [0.15, 0.2) is 15.2 Å². The molecule has 0 spiro atoms. The summed E-state index contributed by atoms with van der Waals surface area (Å²) in [4.78, 5) is 3.98. The van der Waals surface area contributed by atoms with Crippen molar-refractivity contribution in [1.29, 1.82) is 0 Å². The van der Waals surface area contributed by atoms with E-state index in [2.05, 4.69) is 15.2 Å². The molecule has 0 aromatic heterocycles. The Morgan fingerprint density at radius 3 is 2.89 bits per heavy atom. The Hall–Kier alpha value is -0.990. The second kappa shape index (κ2) is 2.53. The van der Waals surface area contributed by atoms with E-state index in [9.17, 15) is 0 Å². The lowest BCUT2D eigenvalue weighted by Gasteiger charge is -1.82. The van der Waals surface area contributed by atoms with Gasteiger partial charge >= 0.3 is 0 Å². The van der Waals surface area contributed by atoms with Crippen LogP contribution in [0.3, 0.4) is 0 Å². The minimum Gasteiger partial charge on any atom is -0.244 e. The lowest BCUT2D eigenvalue weighted by molar-refractivity contribution is 1.20. The highest BCUT2D eigenvalue weighted by Crippen LogP contribution is 1.92. The summed E-state index contributed by atoms with van der Waals surface area (Å²) in [7, 11) is 0. The summed E-state index contributed by atoms with van der Waals surface area (Å²) in [6.45, 7) is 3.77. The maximum atomic E-state index is 3.98. The number of hydrogen-bond donors (Lipinski definition) is 0. The van der Waals surface area contributed by atoms with Crippen molar-refractivity contribution in [2.75, 3.05) is 0 Å². The van der Waals surface area contributed by atoms with Crippen molar-refractivity contribution in [3.63, 3.8) is 0 Å². The third-order valence-corrected chi connectivity index (χ3v) is 1.03. The molecule has 0 atom stereocenters. The second-order valence-corrected chi connectivity index (χ2v) is 2.00. The topological polar surface area (TPSA) is 37.1 Å². The van der Waals surface area contributed by atoms with Crippen molar-refractivity contribution in [3.8, 4) is 0 Å². The molecule has 0 saturated heterocycles. The fourth-order valence-corrected chi connectivity index (χ4v) is 0.534. The minimum absolute atomic E-state index is 0.729. The molecule has 0 unspecified atom stereocenters. The number of hydrogen-bond acceptors (Lipinski definition) is 3. The van der Waals surface area contributed by atoms with E-state index < -0.39 is 0 Å². The van der Waals surface area contributed by atoms with Crippen LogP contribution in [0.2, 0.25) is 0 Å². The molecule has 0 aromatic rings. The third-order valence-electron chi connectivity index (χ3n) is 1.03. The largest absolute Gasteiger partial charge is 0.244 e. The normalized spacial score (nSPS) is 18.4. The number of rotatable bonds is 0. The van der Waals surface area contributed by atoms with E-state index in [1.54, 1.807) is 0 Å². The van der Waals surface area contributed by atoms with E-state index in [0.717, 1.165) is 18.0 Å². The maximum absolute atomic E-state index is 3.98. The summed E-state index contributed by atoms with van der Waals surface area (Å²) < 4.78 is 0. The van der Waals surface area contributed by atoms with Crippen molar-refractivity contribution in [1.82, 2.24) is 0 Å². The van der Waals surface area contributed by atoms with Crippen molar-refractivity contribution < 1.29 is 0 Å². The van der Waals surface area contributed by atoms with Gasteiger partial charge in [0, 0.05) is 18.3 Å². The molecule has 0 aliphatic carbocycles. The molecule has 0 aromatic carbocycles. The van der Waals surface area contributed by atoms with E-state index in [1.807, 2.05) is 20.1 Å². The average Bonchev–Trinajstić information content (AvgIpc) is 1.97. The van der Waals surface area contributed by atoms with Crippen molar-refractivity contribution in [2.24, 2.45) is 15.2 Å². The molecule has 3 heteroatoms. The molecule has 1 aliphatic rings. The van der Waals surface area contributed by atoms with Crippen molar-refractivity contribution >= 4 is 17.8 Å². The van der Waals surface area contributed by atoms with Crippen LogP contribution in [0.1, 0.15) is 20.3 Å². The summed E-state index contributed by atoms with van der Waals surface area (Å²) >= 11 is 0. The van der Waals surface area contributed by atoms with Crippen LogP contribution in [0.5, 0.6) is 0 Å². The molecule has 0 radical (unpaired) electrons. The molecule has 3 nitrogen and oxygen atoms in total. The molecule has 1 heterocycles. The van der Waals surface area contributed by atoms with E-state index in [-0.39, 0.29) is 0 Å². The predicted molar refractivity (Wildman–Crippen MR) is 39.3 cm³/mol. The second-order valence-electron chi connectivity index (χ2n) is 2.00. The van der Waals surface area contributed by atoms with Gasteiger partial charge < -0.3 is 0 Å². The molecular formula is C6H9N3. The molecule has 0 N–H and O–H groups in total. The van der Waals surface area contributed by atoms with Gasteiger partial charge in [0.1, 0.15) is 5.84 Å². The van der Waals surface area contributed by atoms with E-state index in [4.69, 9.17) is 0 Å². The van der Waals surface area contributed by atoms with Gasteiger partial charge in [0.2, 0.25) is 0 Å². The highest BCUT2D eigenvalue weighted by Gasteiger charge is 1.92. The van der Waals surface area contributed by atoms with Crippen LogP contribution < -0.4 is 0 Å². The molecule has 0 fully saturated rings. The molecular weight excluding hydrogens is 114 g/mol. The highest BCUT2D eigenvalue weighted by molar-refractivity contribution is 5.99. The minimum atomic E-state index is 0.729. The fourth-order valence-electron chi connectivity index (χ4n) is 0.534. The fraction of sp³-hybridized carbons (Fsp3) is 0.500. The molecule has 1 aliphatic heterocycles. The van der Waals surface area contributed by atoms with E-state index >= 15 is 0 Å². The summed E-state index contributed by atoms with van der Waals surface area (Å²) in [6.07, 6.45) is 2.64. The Balaban J connectivity index is 2.80. The van der Waals surface area contributed by atoms with Crippen molar-refractivity contribution in [3.05, 3.63) is 0 Å². The predicted octanol–water partition coefficient (Wildman–Crippen LogP) is 1.26. The monoisotopic (exact) mass is 123 g/mol. The lowest BCUT2D eigenvalue weighted by atomic mass is 10.3. The van der Waals surface area contributed by atoms with Gasteiger partial charge in [-0.2, -0.15) is 5.10 Å². The lowest BCUT2D eigenvalue weighted by Crippen LogP contribution is -1.88. The molecule has 0 bridgehead atoms. The summed E-state index contributed by atoms with van der Waals surface area (Å²) in [5, 5.41) is 7.70. The molecule has 0 amide bonds. The van der Waals surface area contributed by atoms with Crippen LogP contribution in [-0.4, -0.2) is 17.8 Å². The first kappa shape index (κ1) is 6.13. The first-order valence-electron chi connectivity index (χ1n) is 2.89. The van der Waals surface area contributed by atoms with Gasteiger partial charge in [-0.3, -0.25) is 0 Å². The molecule has 9 heavy (non-hydrogen) atoms. The zero-order chi connectivity index (χ0) is 6.69. The van der Waals surface area contributed by atoms with Crippen LogP contribution >= 0.6 is 0 Å². The maximum Gasteiger partial charge on any atom is 0.147 e. The smallest absolute Gasteiger partial charge is 0.147 e. The van der Waals surface area contributed by atoms with E-state index in [0.29, 0.717) is 0 Å². The number of amidine groups is 1. The van der Waals surface area contributed by atoms with E-state index in [1.165, 1.54) is 0 Å². The molecule has 0 saturated carbocycles. The molecule has 1 rings (SSSR count). The summed E-state index contributed by atoms with van der Waals surface area (Å²) in [5.41, 5.74) is 1.01. The van der Waals surface area contributed by atoms with Gasteiger partial charge in [-0.25, -0.2) is 4.99 Å². The first-order valence-corrected chi connectivity index (χ1v) is 2.89. The standard InChI is InChI=1S/C6H9N3/c1-5-3-4-7-6(2)9-8-5/h4H,3H2,1-2H3. The Morgan fingerprint density at radius 2 is 2.11 bits per heavy atom. The number of nitrogens with zero attached hydrogens (tertiary/aromatic N) is 3.